The Morgan fingerprint density at radius 1 is 1.35 bits per heavy atom. The molecule has 3 rings (SSSR count). The summed E-state index contributed by atoms with van der Waals surface area (Å²) in [5.41, 5.74) is 3.19. The van der Waals surface area contributed by atoms with E-state index in [1.807, 2.05) is 24.6 Å². The van der Waals surface area contributed by atoms with E-state index >= 15 is 0 Å². The number of aromatic nitrogens is 4. The van der Waals surface area contributed by atoms with Gasteiger partial charge in [-0.3, -0.25) is 19.4 Å². The zero-order valence-electron chi connectivity index (χ0n) is 15.5. The van der Waals surface area contributed by atoms with Crippen molar-refractivity contribution in [2.75, 3.05) is 19.7 Å². The number of nitrogens with zero attached hydrogens (tertiary/aromatic N) is 4. The Morgan fingerprint density at radius 3 is 2.85 bits per heavy atom. The van der Waals surface area contributed by atoms with Crippen LogP contribution in [0.25, 0.3) is 0 Å². The number of carbonyl (C=O) groups is 2. The van der Waals surface area contributed by atoms with E-state index < -0.39 is 0 Å². The topological polar surface area (TPSA) is 93.1 Å². The van der Waals surface area contributed by atoms with E-state index in [0.717, 1.165) is 29.9 Å². The Kier molecular flexibility index (Phi) is 5.39. The molecule has 0 spiro atoms. The molecule has 1 atom stereocenters. The van der Waals surface area contributed by atoms with Crippen molar-refractivity contribution in [2.45, 2.75) is 40.2 Å². The van der Waals surface area contributed by atoms with Crippen LogP contribution in [0.15, 0.2) is 12.1 Å². The first-order chi connectivity index (χ1) is 12.5. The average molecular weight is 359 g/mol. The first-order valence-electron chi connectivity index (χ1n) is 8.99. The quantitative estimate of drug-likeness (QED) is 0.820. The maximum absolute atomic E-state index is 12.7. The normalized spacial score (nSPS) is 17.3. The maximum atomic E-state index is 12.7. The third-order valence-corrected chi connectivity index (χ3v) is 4.60. The van der Waals surface area contributed by atoms with Crippen LogP contribution in [-0.4, -0.2) is 56.5 Å². The van der Waals surface area contributed by atoms with Gasteiger partial charge in [0.05, 0.1) is 30.5 Å². The van der Waals surface area contributed by atoms with Crippen molar-refractivity contribution in [2.24, 2.45) is 5.92 Å². The van der Waals surface area contributed by atoms with Gasteiger partial charge in [-0.2, -0.15) is 10.2 Å². The number of ether oxygens (including phenoxy) is 1. The number of carbonyl (C=O) groups excluding carboxylic acids is 2. The van der Waals surface area contributed by atoms with Gasteiger partial charge in [-0.05, 0) is 45.7 Å². The molecular weight excluding hydrogens is 334 g/mol. The van der Waals surface area contributed by atoms with Gasteiger partial charge in [-0.15, -0.1) is 0 Å². The molecule has 0 aromatic carbocycles. The average Bonchev–Trinajstić information content (AvgIpc) is 3.21. The van der Waals surface area contributed by atoms with Gasteiger partial charge in [0.2, 0.25) is 0 Å². The van der Waals surface area contributed by atoms with Crippen molar-refractivity contribution in [3.05, 3.63) is 34.9 Å². The highest BCUT2D eigenvalue weighted by Gasteiger charge is 2.30. The highest BCUT2D eigenvalue weighted by molar-refractivity contribution is 5.92. The predicted octanol–water partition coefficient (Wildman–Crippen LogP) is 1.69. The smallest absolute Gasteiger partial charge is 0.310 e. The monoisotopic (exact) mass is 359 g/mol. The SMILES string of the molecule is CCOC(=O)[C@@H]1CCCN(C(=O)c2cc(Cn3nc(C)cc3C)[nH]n2)C1. The van der Waals surface area contributed by atoms with Crippen molar-refractivity contribution in [1.29, 1.82) is 0 Å². The van der Waals surface area contributed by atoms with Crippen LogP contribution in [0.4, 0.5) is 0 Å². The Morgan fingerprint density at radius 2 is 2.15 bits per heavy atom. The Balaban J connectivity index is 1.65. The number of rotatable bonds is 5. The molecule has 0 saturated carbocycles. The number of amides is 1. The molecule has 0 aliphatic carbocycles. The predicted molar refractivity (Wildman–Crippen MR) is 94.7 cm³/mol. The van der Waals surface area contributed by atoms with Crippen LogP contribution in [0.5, 0.6) is 0 Å². The zero-order valence-corrected chi connectivity index (χ0v) is 15.5. The molecule has 2 aromatic heterocycles. The highest BCUT2D eigenvalue weighted by Crippen LogP contribution is 2.20. The summed E-state index contributed by atoms with van der Waals surface area (Å²) in [6.45, 7) is 7.64. The van der Waals surface area contributed by atoms with Gasteiger partial charge in [0.15, 0.2) is 0 Å². The first-order valence-corrected chi connectivity index (χ1v) is 8.99. The van der Waals surface area contributed by atoms with Gasteiger partial charge in [-0.25, -0.2) is 0 Å². The third kappa shape index (κ3) is 3.95. The molecule has 1 aliphatic rings. The van der Waals surface area contributed by atoms with Gasteiger partial charge >= 0.3 is 5.97 Å². The van der Waals surface area contributed by atoms with E-state index in [-0.39, 0.29) is 17.8 Å². The lowest BCUT2D eigenvalue weighted by Crippen LogP contribution is -2.43. The Labute approximate surface area is 152 Å². The van der Waals surface area contributed by atoms with Gasteiger partial charge in [-0.1, -0.05) is 0 Å². The number of piperidine rings is 1. The minimum absolute atomic E-state index is 0.158. The van der Waals surface area contributed by atoms with Crippen LogP contribution in [0.2, 0.25) is 0 Å². The lowest BCUT2D eigenvalue weighted by atomic mass is 9.98. The highest BCUT2D eigenvalue weighted by atomic mass is 16.5. The second-order valence-corrected chi connectivity index (χ2v) is 6.71. The largest absolute Gasteiger partial charge is 0.466 e. The molecule has 0 unspecified atom stereocenters. The second-order valence-electron chi connectivity index (χ2n) is 6.71. The molecule has 2 aromatic rings. The number of H-pyrrole nitrogens is 1. The molecule has 140 valence electrons. The van der Waals surface area contributed by atoms with Gasteiger partial charge in [0.25, 0.3) is 5.91 Å². The van der Waals surface area contributed by atoms with Crippen molar-refractivity contribution in [3.8, 4) is 0 Å². The molecule has 1 N–H and O–H groups in total. The first kappa shape index (κ1) is 18.2. The molecular formula is C18H25N5O3. The third-order valence-electron chi connectivity index (χ3n) is 4.60. The molecule has 1 fully saturated rings. The fourth-order valence-corrected chi connectivity index (χ4v) is 3.32. The van der Waals surface area contributed by atoms with Crippen molar-refractivity contribution >= 4 is 11.9 Å². The summed E-state index contributed by atoms with van der Waals surface area (Å²) in [6.07, 6.45) is 1.55. The molecule has 26 heavy (non-hydrogen) atoms. The number of hydrogen-bond acceptors (Lipinski definition) is 5. The number of aromatic amines is 1. The van der Waals surface area contributed by atoms with Crippen LogP contribution < -0.4 is 0 Å². The van der Waals surface area contributed by atoms with Crippen molar-refractivity contribution in [1.82, 2.24) is 24.9 Å². The molecule has 0 radical (unpaired) electrons. The second kappa shape index (κ2) is 7.72. The minimum atomic E-state index is -0.249. The van der Waals surface area contributed by atoms with Crippen molar-refractivity contribution < 1.29 is 14.3 Å². The van der Waals surface area contributed by atoms with Crippen molar-refractivity contribution in [3.63, 3.8) is 0 Å². The minimum Gasteiger partial charge on any atom is -0.466 e. The lowest BCUT2D eigenvalue weighted by molar-refractivity contribution is -0.149. The Hall–Kier alpha value is -2.64. The van der Waals surface area contributed by atoms with Gasteiger partial charge in [0.1, 0.15) is 5.69 Å². The van der Waals surface area contributed by atoms with E-state index in [9.17, 15) is 9.59 Å². The maximum Gasteiger partial charge on any atom is 0.310 e. The summed E-state index contributed by atoms with van der Waals surface area (Å²) in [5, 5.41) is 11.5. The lowest BCUT2D eigenvalue weighted by Gasteiger charge is -2.31. The van der Waals surface area contributed by atoms with Crippen LogP contribution in [0, 0.1) is 19.8 Å². The molecule has 8 heteroatoms. The number of likely N-dealkylation sites (tertiary alicyclic amines) is 1. The molecule has 1 saturated heterocycles. The van der Waals surface area contributed by atoms with Crippen LogP contribution >= 0.6 is 0 Å². The van der Waals surface area contributed by atoms with E-state index in [2.05, 4.69) is 15.3 Å². The summed E-state index contributed by atoms with van der Waals surface area (Å²) in [5.74, 6) is -0.632. The summed E-state index contributed by atoms with van der Waals surface area (Å²) in [7, 11) is 0. The summed E-state index contributed by atoms with van der Waals surface area (Å²) in [6, 6.07) is 3.76. The molecule has 3 heterocycles. The molecule has 0 bridgehead atoms. The number of hydrogen-bond donors (Lipinski definition) is 1. The number of esters is 1. The molecule has 1 amide bonds. The van der Waals surface area contributed by atoms with Gasteiger partial charge < -0.3 is 9.64 Å². The number of nitrogens with one attached hydrogen (secondary N) is 1. The fourth-order valence-electron chi connectivity index (χ4n) is 3.32. The van der Waals surface area contributed by atoms with E-state index in [0.29, 0.717) is 31.9 Å². The van der Waals surface area contributed by atoms with Gasteiger partial charge in [0, 0.05) is 18.8 Å². The number of aryl methyl sites for hydroxylation is 2. The summed E-state index contributed by atoms with van der Waals surface area (Å²) >= 11 is 0. The molecule has 1 aliphatic heterocycles. The van der Waals surface area contributed by atoms with E-state index in [4.69, 9.17) is 4.74 Å². The van der Waals surface area contributed by atoms with Crippen LogP contribution in [-0.2, 0) is 16.1 Å². The zero-order chi connectivity index (χ0) is 18.7. The van der Waals surface area contributed by atoms with Crippen LogP contribution in [0.1, 0.15) is 47.3 Å². The Bertz CT molecular complexity index is 795. The van der Waals surface area contributed by atoms with Crippen LogP contribution in [0.3, 0.4) is 0 Å². The fraction of sp³-hybridized carbons (Fsp3) is 0.556. The standard InChI is InChI=1S/C18H25N5O3/c1-4-26-18(25)14-6-5-7-22(10-14)17(24)16-9-15(19-20-16)11-23-13(3)8-12(2)21-23/h8-9,14H,4-7,10-11H2,1-3H3,(H,19,20)/t14-/m1/s1. The summed E-state index contributed by atoms with van der Waals surface area (Å²) < 4.78 is 6.96. The van der Waals surface area contributed by atoms with E-state index in [1.165, 1.54) is 0 Å². The molecule has 8 nitrogen and oxygen atoms in total. The van der Waals surface area contributed by atoms with E-state index in [1.54, 1.807) is 17.9 Å². The summed E-state index contributed by atoms with van der Waals surface area (Å²) in [4.78, 5) is 26.4.